The third-order valence-corrected chi connectivity index (χ3v) is 3.89. The molecule has 1 aromatic heterocycles. The van der Waals surface area contributed by atoms with E-state index in [1.807, 2.05) is 30.3 Å². The zero-order chi connectivity index (χ0) is 16.9. The largest absolute Gasteiger partial charge is 0.488 e. The van der Waals surface area contributed by atoms with Gasteiger partial charge in [-0.15, -0.1) is 0 Å². The number of nitrogens with zero attached hydrogens (tertiary/aromatic N) is 1. The smallest absolute Gasteiger partial charge is 0.248 e. The van der Waals surface area contributed by atoms with Crippen molar-refractivity contribution in [3.8, 4) is 16.9 Å². The van der Waals surface area contributed by atoms with Crippen LogP contribution in [0.25, 0.3) is 11.1 Å². The SMILES string of the molecule is NC(=O)c1ccc(OCc2ccccc2)c(-c2cnccc2Cl)c1. The van der Waals surface area contributed by atoms with Gasteiger partial charge >= 0.3 is 0 Å². The van der Waals surface area contributed by atoms with Gasteiger partial charge in [0.05, 0.1) is 5.02 Å². The maximum absolute atomic E-state index is 11.5. The zero-order valence-corrected chi connectivity index (χ0v) is 13.5. The van der Waals surface area contributed by atoms with Gasteiger partial charge in [-0.25, -0.2) is 0 Å². The first-order chi connectivity index (χ1) is 11.6. The Balaban J connectivity index is 1.99. The van der Waals surface area contributed by atoms with Gasteiger partial charge in [0, 0.05) is 29.1 Å². The second-order valence-electron chi connectivity index (χ2n) is 5.20. The molecule has 0 saturated carbocycles. The second-order valence-corrected chi connectivity index (χ2v) is 5.61. The van der Waals surface area contributed by atoms with Gasteiger partial charge in [-0.2, -0.15) is 0 Å². The molecular formula is C19H15ClN2O2. The number of aromatic nitrogens is 1. The molecular weight excluding hydrogens is 324 g/mol. The molecule has 5 heteroatoms. The standard InChI is InChI=1S/C19H15ClN2O2/c20-17-8-9-22-11-16(17)15-10-14(19(21)23)6-7-18(15)24-12-13-4-2-1-3-5-13/h1-11H,12H2,(H2,21,23). The summed E-state index contributed by atoms with van der Waals surface area (Å²) < 4.78 is 5.93. The number of hydrogen-bond donors (Lipinski definition) is 1. The molecule has 0 unspecified atom stereocenters. The van der Waals surface area contributed by atoms with Crippen molar-refractivity contribution < 1.29 is 9.53 Å². The van der Waals surface area contributed by atoms with E-state index in [1.165, 1.54) is 0 Å². The van der Waals surface area contributed by atoms with Crippen molar-refractivity contribution in [2.45, 2.75) is 6.61 Å². The molecule has 3 aromatic rings. The topological polar surface area (TPSA) is 65.2 Å². The Labute approximate surface area is 144 Å². The Kier molecular flexibility index (Phi) is 4.77. The average Bonchev–Trinajstić information content (AvgIpc) is 2.61. The summed E-state index contributed by atoms with van der Waals surface area (Å²) in [6.45, 7) is 0.404. The molecule has 120 valence electrons. The summed E-state index contributed by atoms with van der Waals surface area (Å²) in [5.41, 5.74) is 8.18. The van der Waals surface area contributed by atoms with Crippen molar-refractivity contribution in [1.29, 1.82) is 0 Å². The van der Waals surface area contributed by atoms with Crippen LogP contribution in [-0.2, 0) is 6.61 Å². The first-order valence-corrected chi connectivity index (χ1v) is 7.73. The molecule has 1 heterocycles. The zero-order valence-electron chi connectivity index (χ0n) is 12.8. The van der Waals surface area contributed by atoms with Crippen molar-refractivity contribution in [3.63, 3.8) is 0 Å². The molecule has 2 N–H and O–H groups in total. The van der Waals surface area contributed by atoms with Gasteiger partial charge in [-0.3, -0.25) is 9.78 Å². The summed E-state index contributed by atoms with van der Waals surface area (Å²) in [7, 11) is 0. The van der Waals surface area contributed by atoms with Crippen molar-refractivity contribution in [2.75, 3.05) is 0 Å². The lowest BCUT2D eigenvalue weighted by Gasteiger charge is -2.13. The van der Waals surface area contributed by atoms with E-state index >= 15 is 0 Å². The maximum atomic E-state index is 11.5. The molecule has 0 fully saturated rings. The van der Waals surface area contributed by atoms with Crippen molar-refractivity contribution in [1.82, 2.24) is 4.98 Å². The lowest BCUT2D eigenvalue weighted by atomic mass is 10.0. The number of pyridine rings is 1. The highest BCUT2D eigenvalue weighted by molar-refractivity contribution is 6.33. The van der Waals surface area contributed by atoms with E-state index in [1.54, 1.807) is 36.7 Å². The Bertz CT molecular complexity index is 866. The molecule has 1 amide bonds. The highest BCUT2D eigenvalue weighted by Gasteiger charge is 2.13. The second kappa shape index (κ2) is 7.15. The Morgan fingerprint density at radius 3 is 2.58 bits per heavy atom. The van der Waals surface area contributed by atoms with Crippen LogP contribution in [0.2, 0.25) is 5.02 Å². The minimum Gasteiger partial charge on any atom is -0.488 e. The van der Waals surface area contributed by atoms with E-state index in [0.717, 1.165) is 5.56 Å². The Morgan fingerprint density at radius 1 is 1.08 bits per heavy atom. The molecule has 3 rings (SSSR count). The fraction of sp³-hybridized carbons (Fsp3) is 0.0526. The number of carbonyl (C=O) groups excluding carboxylic acids is 1. The molecule has 0 aliphatic carbocycles. The fourth-order valence-electron chi connectivity index (χ4n) is 2.33. The van der Waals surface area contributed by atoms with Crippen LogP contribution >= 0.6 is 11.6 Å². The van der Waals surface area contributed by atoms with Gasteiger partial charge in [-0.1, -0.05) is 41.9 Å². The molecule has 0 atom stereocenters. The monoisotopic (exact) mass is 338 g/mol. The predicted molar refractivity (Wildman–Crippen MR) is 94.0 cm³/mol. The van der Waals surface area contributed by atoms with Crippen LogP contribution in [0.5, 0.6) is 5.75 Å². The lowest BCUT2D eigenvalue weighted by Crippen LogP contribution is -2.11. The van der Waals surface area contributed by atoms with Crippen molar-refractivity contribution >= 4 is 17.5 Å². The number of hydrogen-bond acceptors (Lipinski definition) is 3. The van der Waals surface area contributed by atoms with E-state index in [2.05, 4.69) is 4.98 Å². The highest BCUT2D eigenvalue weighted by atomic mass is 35.5. The molecule has 4 nitrogen and oxygen atoms in total. The van der Waals surface area contributed by atoms with Gasteiger partial charge in [0.25, 0.3) is 0 Å². The van der Waals surface area contributed by atoms with Gasteiger partial charge in [0.2, 0.25) is 5.91 Å². The summed E-state index contributed by atoms with van der Waals surface area (Å²) in [6.07, 6.45) is 3.24. The molecule has 24 heavy (non-hydrogen) atoms. The predicted octanol–water partition coefficient (Wildman–Crippen LogP) is 4.08. The van der Waals surface area contributed by atoms with E-state index in [9.17, 15) is 4.79 Å². The van der Waals surface area contributed by atoms with Crippen LogP contribution in [0, 0.1) is 0 Å². The Hall–Kier alpha value is -2.85. The van der Waals surface area contributed by atoms with Gasteiger partial charge in [0.1, 0.15) is 12.4 Å². The quantitative estimate of drug-likeness (QED) is 0.762. The first kappa shape index (κ1) is 16.0. The van der Waals surface area contributed by atoms with Crippen LogP contribution in [0.4, 0.5) is 0 Å². The van der Waals surface area contributed by atoms with E-state index in [4.69, 9.17) is 22.1 Å². The number of amides is 1. The fourth-order valence-corrected chi connectivity index (χ4v) is 2.54. The minimum atomic E-state index is -0.508. The number of halogens is 1. The summed E-state index contributed by atoms with van der Waals surface area (Å²) in [5, 5.41) is 0.524. The average molecular weight is 339 g/mol. The van der Waals surface area contributed by atoms with E-state index in [0.29, 0.717) is 34.1 Å². The van der Waals surface area contributed by atoms with Gasteiger partial charge in [0.15, 0.2) is 0 Å². The van der Waals surface area contributed by atoms with Crippen LogP contribution < -0.4 is 10.5 Å². The number of benzene rings is 2. The molecule has 2 aromatic carbocycles. The molecule has 0 radical (unpaired) electrons. The molecule has 0 bridgehead atoms. The summed E-state index contributed by atoms with van der Waals surface area (Å²) in [5.74, 6) is 0.102. The Morgan fingerprint density at radius 2 is 1.88 bits per heavy atom. The van der Waals surface area contributed by atoms with Gasteiger partial charge < -0.3 is 10.5 Å². The number of ether oxygens (including phenoxy) is 1. The number of nitrogens with two attached hydrogens (primary N) is 1. The van der Waals surface area contributed by atoms with Crippen molar-refractivity contribution in [2.24, 2.45) is 5.73 Å². The van der Waals surface area contributed by atoms with Crippen LogP contribution in [0.1, 0.15) is 15.9 Å². The molecule has 0 spiro atoms. The minimum absolute atomic E-state index is 0.386. The third kappa shape index (κ3) is 3.55. The van der Waals surface area contributed by atoms with Crippen molar-refractivity contribution in [3.05, 3.63) is 83.1 Å². The number of carbonyl (C=O) groups is 1. The first-order valence-electron chi connectivity index (χ1n) is 7.35. The van der Waals surface area contributed by atoms with E-state index in [-0.39, 0.29) is 0 Å². The molecule has 0 aliphatic rings. The van der Waals surface area contributed by atoms with Crippen LogP contribution in [0.3, 0.4) is 0 Å². The summed E-state index contributed by atoms with van der Waals surface area (Å²) in [4.78, 5) is 15.6. The van der Waals surface area contributed by atoms with Crippen LogP contribution in [-0.4, -0.2) is 10.9 Å². The molecule has 0 aliphatic heterocycles. The normalized spacial score (nSPS) is 10.4. The maximum Gasteiger partial charge on any atom is 0.248 e. The van der Waals surface area contributed by atoms with Gasteiger partial charge in [-0.05, 0) is 29.8 Å². The molecule has 0 saturated heterocycles. The number of primary amides is 1. The third-order valence-electron chi connectivity index (χ3n) is 3.56. The number of rotatable bonds is 5. The van der Waals surface area contributed by atoms with E-state index < -0.39 is 5.91 Å². The van der Waals surface area contributed by atoms with Crippen LogP contribution in [0.15, 0.2) is 67.0 Å². The highest BCUT2D eigenvalue weighted by Crippen LogP contribution is 2.35. The summed E-state index contributed by atoms with van der Waals surface area (Å²) >= 11 is 6.27. The summed E-state index contributed by atoms with van der Waals surface area (Å²) in [6, 6.07) is 16.5. The lowest BCUT2D eigenvalue weighted by molar-refractivity contribution is 0.100.